The maximum atomic E-state index is 3.44. The molecule has 0 heterocycles. The molecule has 1 N–H and O–H groups in total. The Balaban J connectivity index is 2.56. The minimum absolute atomic E-state index is 0.648. The van der Waals surface area contributed by atoms with Crippen molar-refractivity contribution < 1.29 is 0 Å². The summed E-state index contributed by atoms with van der Waals surface area (Å²) in [6, 6.07) is 7.41. The van der Waals surface area contributed by atoms with E-state index in [2.05, 4.69) is 58.3 Å². The van der Waals surface area contributed by atoms with Crippen molar-refractivity contribution in [2.75, 3.05) is 7.05 Å². The molecule has 17 heavy (non-hydrogen) atoms. The maximum absolute atomic E-state index is 3.44. The SMILES string of the molecule is CNC(CCc1cc(C)ccc1C)CC(C)C. The van der Waals surface area contributed by atoms with Crippen LogP contribution in [-0.2, 0) is 6.42 Å². The second kappa shape index (κ2) is 6.80. The average molecular weight is 233 g/mol. The van der Waals surface area contributed by atoms with Crippen molar-refractivity contribution in [3.63, 3.8) is 0 Å². The minimum Gasteiger partial charge on any atom is -0.317 e. The molecule has 0 saturated carbocycles. The molecule has 1 rings (SSSR count). The normalized spacial score (nSPS) is 13.1. The smallest absolute Gasteiger partial charge is 0.00696 e. The van der Waals surface area contributed by atoms with Gasteiger partial charge in [0, 0.05) is 6.04 Å². The molecular formula is C16H27N. The molecule has 0 bridgehead atoms. The van der Waals surface area contributed by atoms with Crippen molar-refractivity contribution in [1.29, 1.82) is 0 Å². The molecule has 1 unspecified atom stereocenters. The van der Waals surface area contributed by atoms with Crippen molar-refractivity contribution in [2.45, 2.75) is 53.0 Å². The molecule has 0 aliphatic carbocycles. The van der Waals surface area contributed by atoms with Crippen molar-refractivity contribution in [1.82, 2.24) is 5.32 Å². The maximum Gasteiger partial charge on any atom is 0.00696 e. The summed E-state index contributed by atoms with van der Waals surface area (Å²) in [5, 5.41) is 3.44. The van der Waals surface area contributed by atoms with E-state index in [1.807, 2.05) is 0 Å². The second-order valence-corrected chi connectivity index (χ2v) is 5.58. The van der Waals surface area contributed by atoms with E-state index >= 15 is 0 Å². The zero-order chi connectivity index (χ0) is 12.8. The molecule has 1 aromatic rings. The lowest BCUT2D eigenvalue weighted by molar-refractivity contribution is 0.421. The molecule has 96 valence electrons. The zero-order valence-electron chi connectivity index (χ0n) is 12.0. The molecule has 0 aliphatic heterocycles. The van der Waals surface area contributed by atoms with Gasteiger partial charge in [-0.05, 0) is 57.2 Å². The predicted molar refractivity (Wildman–Crippen MR) is 76.5 cm³/mol. The number of nitrogens with one attached hydrogen (secondary N) is 1. The molecule has 1 atom stereocenters. The fraction of sp³-hybridized carbons (Fsp3) is 0.625. The van der Waals surface area contributed by atoms with Gasteiger partial charge in [0.25, 0.3) is 0 Å². The first-order valence-corrected chi connectivity index (χ1v) is 6.76. The molecule has 1 nitrogen and oxygen atoms in total. The van der Waals surface area contributed by atoms with Crippen LogP contribution < -0.4 is 5.32 Å². The summed E-state index contributed by atoms with van der Waals surface area (Å²) in [5.74, 6) is 0.769. The Hall–Kier alpha value is -0.820. The molecule has 0 radical (unpaired) electrons. The third-order valence-corrected chi connectivity index (χ3v) is 3.43. The van der Waals surface area contributed by atoms with Crippen LogP contribution in [0.3, 0.4) is 0 Å². The van der Waals surface area contributed by atoms with Crippen LogP contribution in [0.5, 0.6) is 0 Å². The summed E-state index contributed by atoms with van der Waals surface area (Å²) in [6.45, 7) is 8.97. The lowest BCUT2D eigenvalue weighted by atomic mass is 9.95. The third-order valence-electron chi connectivity index (χ3n) is 3.43. The highest BCUT2D eigenvalue weighted by Gasteiger charge is 2.09. The van der Waals surface area contributed by atoms with Gasteiger partial charge in [-0.25, -0.2) is 0 Å². The van der Waals surface area contributed by atoms with Crippen LogP contribution in [0.2, 0.25) is 0 Å². The van der Waals surface area contributed by atoms with Crippen LogP contribution in [-0.4, -0.2) is 13.1 Å². The van der Waals surface area contributed by atoms with E-state index in [0.29, 0.717) is 6.04 Å². The van der Waals surface area contributed by atoms with Crippen LogP contribution in [0, 0.1) is 19.8 Å². The van der Waals surface area contributed by atoms with Gasteiger partial charge in [-0.2, -0.15) is 0 Å². The van der Waals surface area contributed by atoms with Crippen LogP contribution in [0.25, 0.3) is 0 Å². The summed E-state index contributed by atoms with van der Waals surface area (Å²) >= 11 is 0. The van der Waals surface area contributed by atoms with E-state index in [-0.39, 0.29) is 0 Å². The predicted octanol–water partition coefficient (Wildman–Crippen LogP) is 3.87. The van der Waals surface area contributed by atoms with Crippen LogP contribution in [0.1, 0.15) is 43.4 Å². The van der Waals surface area contributed by atoms with Gasteiger partial charge in [0.2, 0.25) is 0 Å². The number of hydrogen-bond donors (Lipinski definition) is 1. The van der Waals surface area contributed by atoms with Crippen molar-refractivity contribution in [3.05, 3.63) is 34.9 Å². The molecule has 0 aliphatic rings. The third kappa shape index (κ3) is 4.91. The number of benzene rings is 1. The van der Waals surface area contributed by atoms with E-state index in [0.717, 1.165) is 5.92 Å². The monoisotopic (exact) mass is 233 g/mol. The Morgan fingerprint density at radius 3 is 2.47 bits per heavy atom. The van der Waals surface area contributed by atoms with Gasteiger partial charge in [-0.3, -0.25) is 0 Å². The van der Waals surface area contributed by atoms with Gasteiger partial charge >= 0.3 is 0 Å². The highest BCUT2D eigenvalue weighted by Crippen LogP contribution is 2.16. The molecule has 0 aromatic heterocycles. The molecule has 1 heteroatoms. The van der Waals surface area contributed by atoms with E-state index in [4.69, 9.17) is 0 Å². The van der Waals surface area contributed by atoms with E-state index in [1.165, 1.54) is 36.0 Å². The summed E-state index contributed by atoms with van der Waals surface area (Å²) in [7, 11) is 2.08. The van der Waals surface area contributed by atoms with Crippen molar-refractivity contribution >= 4 is 0 Å². The lowest BCUT2D eigenvalue weighted by Crippen LogP contribution is -2.27. The van der Waals surface area contributed by atoms with E-state index in [9.17, 15) is 0 Å². The highest BCUT2D eigenvalue weighted by molar-refractivity contribution is 5.30. The van der Waals surface area contributed by atoms with Crippen LogP contribution >= 0.6 is 0 Å². The van der Waals surface area contributed by atoms with E-state index in [1.54, 1.807) is 0 Å². The molecule has 0 fully saturated rings. The summed E-state index contributed by atoms with van der Waals surface area (Å²) < 4.78 is 0. The van der Waals surface area contributed by atoms with Gasteiger partial charge in [0.15, 0.2) is 0 Å². The van der Waals surface area contributed by atoms with E-state index < -0.39 is 0 Å². The molecule has 0 saturated heterocycles. The number of rotatable bonds is 6. The van der Waals surface area contributed by atoms with Gasteiger partial charge in [0.1, 0.15) is 0 Å². The molecule has 0 amide bonds. The fourth-order valence-corrected chi connectivity index (χ4v) is 2.35. The van der Waals surface area contributed by atoms with Crippen LogP contribution in [0.4, 0.5) is 0 Å². The summed E-state index contributed by atoms with van der Waals surface area (Å²) in [4.78, 5) is 0. The first kappa shape index (κ1) is 14.2. The first-order valence-electron chi connectivity index (χ1n) is 6.76. The van der Waals surface area contributed by atoms with Gasteiger partial charge in [-0.1, -0.05) is 37.6 Å². The van der Waals surface area contributed by atoms with Crippen molar-refractivity contribution in [3.8, 4) is 0 Å². The van der Waals surface area contributed by atoms with Crippen molar-refractivity contribution in [2.24, 2.45) is 5.92 Å². The topological polar surface area (TPSA) is 12.0 Å². The Morgan fingerprint density at radius 2 is 1.88 bits per heavy atom. The Bertz CT molecular complexity index is 341. The number of aryl methyl sites for hydroxylation is 3. The minimum atomic E-state index is 0.648. The quantitative estimate of drug-likeness (QED) is 0.786. The van der Waals surface area contributed by atoms with Crippen LogP contribution in [0.15, 0.2) is 18.2 Å². The summed E-state index contributed by atoms with van der Waals surface area (Å²) in [6.07, 6.45) is 3.69. The number of hydrogen-bond acceptors (Lipinski definition) is 1. The Morgan fingerprint density at radius 1 is 1.18 bits per heavy atom. The standard InChI is InChI=1S/C16H27N/c1-12(2)10-16(17-5)9-8-15-11-13(3)6-7-14(15)4/h6-7,11-12,16-17H,8-10H2,1-5H3. The van der Waals surface area contributed by atoms with Gasteiger partial charge in [0.05, 0.1) is 0 Å². The molecule has 0 spiro atoms. The lowest BCUT2D eigenvalue weighted by Gasteiger charge is -2.19. The summed E-state index contributed by atoms with van der Waals surface area (Å²) in [5.41, 5.74) is 4.31. The molecular weight excluding hydrogens is 206 g/mol. The fourth-order valence-electron chi connectivity index (χ4n) is 2.35. The Labute approximate surface area is 107 Å². The molecule has 1 aromatic carbocycles. The Kier molecular flexibility index (Phi) is 5.70. The first-order chi connectivity index (χ1) is 8.02. The zero-order valence-corrected chi connectivity index (χ0v) is 12.0. The highest BCUT2D eigenvalue weighted by atomic mass is 14.9. The second-order valence-electron chi connectivity index (χ2n) is 5.58. The van der Waals surface area contributed by atoms with Gasteiger partial charge < -0.3 is 5.32 Å². The largest absolute Gasteiger partial charge is 0.317 e. The van der Waals surface area contributed by atoms with Gasteiger partial charge in [-0.15, -0.1) is 0 Å². The average Bonchev–Trinajstić information content (AvgIpc) is 2.28.